The van der Waals surface area contributed by atoms with E-state index in [-0.39, 0.29) is 17.5 Å². The maximum atomic E-state index is 12.0. The van der Waals surface area contributed by atoms with Crippen LogP contribution in [0.2, 0.25) is 0 Å². The van der Waals surface area contributed by atoms with Crippen LogP contribution in [0.15, 0.2) is 18.2 Å². The van der Waals surface area contributed by atoms with Crippen molar-refractivity contribution in [3.8, 4) is 0 Å². The molecule has 0 saturated carbocycles. The first-order valence-electron chi connectivity index (χ1n) is 6.49. The van der Waals surface area contributed by atoms with E-state index >= 15 is 0 Å². The average molecular weight is 292 g/mol. The van der Waals surface area contributed by atoms with Gasteiger partial charge in [0.25, 0.3) is 0 Å². The van der Waals surface area contributed by atoms with E-state index in [1.54, 1.807) is 0 Å². The van der Waals surface area contributed by atoms with Crippen molar-refractivity contribution in [3.05, 3.63) is 18.2 Å². The lowest BCUT2D eigenvalue weighted by atomic mass is 10.1. The Kier molecular flexibility index (Phi) is 3.85. The number of amides is 1. The SMILES string of the molecule is CC(Nc1nc2ccc(N)cc2s1)C(=O)NC(C)(C)C. The number of nitrogens with zero attached hydrogens (tertiary/aromatic N) is 1. The minimum absolute atomic E-state index is 0.0451. The molecule has 0 bridgehead atoms. The third-order valence-corrected chi connectivity index (χ3v) is 3.59. The van der Waals surface area contributed by atoms with Gasteiger partial charge in [-0.25, -0.2) is 4.98 Å². The lowest BCUT2D eigenvalue weighted by Crippen LogP contribution is -2.47. The zero-order valence-corrected chi connectivity index (χ0v) is 13.0. The number of anilines is 2. The van der Waals surface area contributed by atoms with Gasteiger partial charge in [0.15, 0.2) is 5.13 Å². The third kappa shape index (κ3) is 3.60. The van der Waals surface area contributed by atoms with Crippen LogP contribution in [0.25, 0.3) is 10.2 Å². The van der Waals surface area contributed by atoms with E-state index in [0.29, 0.717) is 5.69 Å². The summed E-state index contributed by atoms with van der Waals surface area (Å²) in [5.41, 5.74) is 7.10. The van der Waals surface area contributed by atoms with Crippen LogP contribution in [-0.4, -0.2) is 22.5 Å². The van der Waals surface area contributed by atoms with E-state index in [2.05, 4.69) is 15.6 Å². The fourth-order valence-electron chi connectivity index (χ4n) is 1.73. The Morgan fingerprint density at radius 1 is 1.40 bits per heavy atom. The molecule has 0 radical (unpaired) electrons. The van der Waals surface area contributed by atoms with E-state index in [1.807, 2.05) is 45.9 Å². The minimum atomic E-state index is -0.341. The zero-order chi connectivity index (χ0) is 14.9. The molecule has 5 nitrogen and oxygen atoms in total. The Hall–Kier alpha value is -1.82. The van der Waals surface area contributed by atoms with Gasteiger partial charge >= 0.3 is 0 Å². The molecule has 1 atom stereocenters. The monoisotopic (exact) mass is 292 g/mol. The maximum Gasteiger partial charge on any atom is 0.242 e. The van der Waals surface area contributed by atoms with Crippen LogP contribution in [0.5, 0.6) is 0 Å². The fraction of sp³-hybridized carbons (Fsp3) is 0.429. The van der Waals surface area contributed by atoms with E-state index in [4.69, 9.17) is 5.73 Å². The first-order valence-corrected chi connectivity index (χ1v) is 7.31. The topological polar surface area (TPSA) is 80.0 Å². The molecule has 20 heavy (non-hydrogen) atoms. The highest BCUT2D eigenvalue weighted by atomic mass is 32.1. The Morgan fingerprint density at radius 2 is 2.10 bits per heavy atom. The van der Waals surface area contributed by atoms with Crippen LogP contribution in [-0.2, 0) is 4.79 Å². The number of hydrogen-bond acceptors (Lipinski definition) is 5. The van der Waals surface area contributed by atoms with Crippen molar-refractivity contribution < 1.29 is 4.79 Å². The number of rotatable bonds is 3. The normalized spacial score (nSPS) is 13.2. The summed E-state index contributed by atoms with van der Waals surface area (Å²) in [7, 11) is 0. The number of carbonyl (C=O) groups is 1. The summed E-state index contributed by atoms with van der Waals surface area (Å²) in [5.74, 6) is -0.0451. The Bertz CT molecular complexity index is 630. The molecule has 0 spiro atoms. The smallest absolute Gasteiger partial charge is 0.242 e. The quantitative estimate of drug-likeness (QED) is 0.760. The van der Waals surface area contributed by atoms with E-state index in [0.717, 1.165) is 15.3 Å². The Morgan fingerprint density at radius 3 is 2.75 bits per heavy atom. The fourth-order valence-corrected chi connectivity index (χ4v) is 2.73. The van der Waals surface area contributed by atoms with Crippen LogP contribution < -0.4 is 16.4 Å². The predicted octanol–water partition coefficient (Wildman–Crippen LogP) is 2.59. The standard InChI is InChI=1S/C14H20N4OS/c1-8(12(19)18-14(2,3)4)16-13-17-10-6-5-9(15)7-11(10)20-13/h5-8H,15H2,1-4H3,(H,16,17)(H,18,19). The summed E-state index contributed by atoms with van der Waals surface area (Å²) in [4.78, 5) is 16.5. The molecule has 1 unspecified atom stereocenters. The van der Waals surface area contributed by atoms with E-state index < -0.39 is 0 Å². The van der Waals surface area contributed by atoms with E-state index in [9.17, 15) is 4.79 Å². The molecule has 0 aliphatic heterocycles. The van der Waals surface area contributed by atoms with Gasteiger partial charge in [-0.1, -0.05) is 11.3 Å². The van der Waals surface area contributed by atoms with Gasteiger partial charge in [-0.05, 0) is 45.9 Å². The first-order chi connectivity index (χ1) is 9.24. The van der Waals surface area contributed by atoms with E-state index in [1.165, 1.54) is 11.3 Å². The van der Waals surface area contributed by atoms with Crippen LogP contribution >= 0.6 is 11.3 Å². The molecule has 108 valence electrons. The molecule has 1 amide bonds. The lowest BCUT2D eigenvalue weighted by molar-refractivity contribution is -0.122. The number of nitrogen functional groups attached to an aromatic ring is 1. The summed E-state index contributed by atoms with van der Waals surface area (Å²) in [6.07, 6.45) is 0. The second-order valence-electron chi connectivity index (χ2n) is 5.85. The lowest BCUT2D eigenvalue weighted by Gasteiger charge is -2.23. The number of hydrogen-bond donors (Lipinski definition) is 3. The van der Waals surface area contributed by atoms with Gasteiger partial charge in [0.05, 0.1) is 10.2 Å². The Balaban J connectivity index is 2.09. The minimum Gasteiger partial charge on any atom is -0.399 e. The number of nitrogens with one attached hydrogen (secondary N) is 2. The summed E-state index contributed by atoms with van der Waals surface area (Å²) < 4.78 is 1.01. The Labute approximate surface area is 122 Å². The average Bonchev–Trinajstić information content (AvgIpc) is 2.67. The highest BCUT2D eigenvalue weighted by Crippen LogP contribution is 2.27. The largest absolute Gasteiger partial charge is 0.399 e. The molecule has 2 aromatic rings. The van der Waals surface area contributed by atoms with Gasteiger partial charge in [-0.2, -0.15) is 0 Å². The van der Waals surface area contributed by atoms with Crippen molar-refractivity contribution in [2.24, 2.45) is 0 Å². The third-order valence-electron chi connectivity index (χ3n) is 2.64. The van der Waals surface area contributed by atoms with Crippen LogP contribution in [0.3, 0.4) is 0 Å². The summed E-state index contributed by atoms with van der Waals surface area (Å²) >= 11 is 1.49. The van der Waals surface area contributed by atoms with Gasteiger partial charge in [-0.3, -0.25) is 4.79 Å². The summed E-state index contributed by atoms with van der Waals surface area (Å²) in [6.45, 7) is 7.69. The van der Waals surface area contributed by atoms with Crippen molar-refractivity contribution >= 4 is 38.3 Å². The predicted molar refractivity (Wildman–Crippen MR) is 85.0 cm³/mol. The zero-order valence-electron chi connectivity index (χ0n) is 12.2. The summed E-state index contributed by atoms with van der Waals surface area (Å²) in [6, 6.07) is 5.25. The molecular weight excluding hydrogens is 272 g/mol. The van der Waals surface area contributed by atoms with Crippen molar-refractivity contribution in [1.82, 2.24) is 10.3 Å². The second kappa shape index (κ2) is 5.28. The van der Waals surface area contributed by atoms with Crippen LogP contribution in [0.1, 0.15) is 27.7 Å². The molecule has 0 aliphatic carbocycles. The van der Waals surface area contributed by atoms with Gasteiger partial charge in [0.1, 0.15) is 6.04 Å². The molecule has 2 rings (SSSR count). The number of nitrogens with two attached hydrogens (primary N) is 1. The molecule has 1 heterocycles. The number of benzene rings is 1. The number of aromatic nitrogens is 1. The van der Waals surface area contributed by atoms with Crippen LogP contribution in [0.4, 0.5) is 10.8 Å². The van der Waals surface area contributed by atoms with Crippen LogP contribution in [0, 0.1) is 0 Å². The maximum absolute atomic E-state index is 12.0. The molecule has 0 aliphatic rings. The molecule has 1 aromatic heterocycles. The number of carbonyl (C=O) groups excluding carboxylic acids is 1. The van der Waals surface area contributed by atoms with Crippen molar-refractivity contribution in [1.29, 1.82) is 0 Å². The van der Waals surface area contributed by atoms with Crippen molar-refractivity contribution in [2.45, 2.75) is 39.3 Å². The molecule has 1 aromatic carbocycles. The van der Waals surface area contributed by atoms with Gasteiger partial charge in [0, 0.05) is 11.2 Å². The first kappa shape index (κ1) is 14.6. The molecule has 4 N–H and O–H groups in total. The molecular formula is C14H20N4OS. The molecule has 6 heteroatoms. The van der Waals surface area contributed by atoms with Gasteiger partial charge < -0.3 is 16.4 Å². The second-order valence-corrected chi connectivity index (χ2v) is 6.88. The summed E-state index contributed by atoms with van der Waals surface area (Å²) in [5, 5.41) is 6.79. The van der Waals surface area contributed by atoms with Crippen molar-refractivity contribution in [2.75, 3.05) is 11.1 Å². The molecule has 0 fully saturated rings. The van der Waals surface area contributed by atoms with Gasteiger partial charge in [0.2, 0.25) is 5.91 Å². The van der Waals surface area contributed by atoms with Gasteiger partial charge in [-0.15, -0.1) is 0 Å². The number of thiazole rings is 1. The highest BCUT2D eigenvalue weighted by molar-refractivity contribution is 7.22. The van der Waals surface area contributed by atoms with Crippen molar-refractivity contribution in [3.63, 3.8) is 0 Å². The highest BCUT2D eigenvalue weighted by Gasteiger charge is 2.20. The number of fused-ring (bicyclic) bond motifs is 1. The molecule has 0 saturated heterocycles.